The standard InChI is InChI=1S/C14H11FN4O2/c15-11-8-9(2-1-7-16)3-4-10(11)14(21)17-12-5-6-13(20)19-18-12/h3-6,8H,7,16H2,(H,19,20)(H,17,18,21). The Morgan fingerprint density at radius 1 is 1.38 bits per heavy atom. The molecular formula is C14H11FN4O2. The number of anilines is 1. The van der Waals surface area contributed by atoms with Crippen molar-refractivity contribution in [1.29, 1.82) is 0 Å². The SMILES string of the molecule is NCC#Cc1ccc(C(=O)Nc2ccc(=O)[nH]n2)c(F)c1. The number of rotatable bonds is 2. The summed E-state index contributed by atoms with van der Waals surface area (Å²) in [4.78, 5) is 22.7. The normalized spacial score (nSPS) is 9.62. The van der Waals surface area contributed by atoms with E-state index in [2.05, 4.69) is 27.4 Å². The van der Waals surface area contributed by atoms with Gasteiger partial charge in [-0.1, -0.05) is 11.8 Å². The van der Waals surface area contributed by atoms with E-state index in [9.17, 15) is 14.0 Å². The highest BCUT2D eigenvalue weighted by atomic mass is 19.1. The minimum absolute atomic E-state index is 0.117. The van der Waals surface area contributed by atoms with Gasteiger partial charge in [-0.2, -0.15) is 5.10 Å². The molecule has 4 N–H and O–H groups in total. The summed E-state index contributed by atoms with van der Waals surface area (Å²) in [5.41, 5.74) is 5.10. The van der Waals surface area contributed by atoms with E-state index >= 15 is 0 Å². The third kappa shape index (κ3) is 3.75. The molecular weight excluding hydrogens is 275 g/mol. The zero-order chi connectivity index (χ0) is 15.2. The lowest BCUT2D eigenvalue weighted by Gasteiger charge is -2.05. The first kappa shape index (κ1) is 14.4. The van der Waals surface area contributed by atoms with Gasteiger partial charge in [-0.15, -0.1) is 0 Å². The number of carbonyl (C=O) groups excluding carboxylic acids is 1. The highest BCUT2D eigenvalue weighted by Crippen LogP contribution is 2.11. The van der Waals surface area contributed by atoms with Crippen LogP contribution < -0.4 is 16.6 Å². The van der Waals surface area contributed by atoms with Gasteiger partial charge in [0, 0.05) is 11.6 Å². The van der Waals surface area contributed by atoms with Crippen LogP contribution >= 0.6 is 0 Å². The number of aromatic amines is 1. The monoisotopic (exact) mass is 286 g/mol. The molecule has 0 aliphatic carbocycles. The van der Waals surface area contributed by atoms with Gasteiger partial charge in [-0.25, -0.2) is 9.49 Å². The summed E-state index contributed by atoms with van der Waals surface area (Å²) >= 11 is 0. The van der Waals surface area contributed by atoms with Crippen molar-refractivity contribution in [3.8, 4) is 11.8 Å². The van der Waals surface area contributed by atoms with Crippen molar-refractivity contribution in [3.63, 3.8) is 0 Å². The molecule has 21 heavy (non-hydrogen) atoms. The lowest BCUT2D eigenvalue weighted by molar-refractivity contribution is 0.102. The summed E-state index contributed by atoms with van der Waals surface area (Å²) in [6, 6.07) is 6.50. The fraction of sp³-hybridized carbons (Fsp3) is 0.0714. The second-order valence-electron chi connectivity index (χ2n) is 3.96. The van der Waals surface area contributed by atoms with Gasteiger partial charge < -0.3 is 11.1 Å². The molecule has 0 unspecified atom stereocenters. The Kier molecular flexibility index (Phi) is 4.43. The number of halogens is 1. The topological polar surface area (TPSA) is 101 Å². The average Bonchev–Trinajstić information content (AvgIpc) is 2.47. The number of nitrogens with one attached hydrogen (secondary N) is 2. The Morgan fingerprint density at radius 3 is 2.81 bits per heavy atom. The minimum Gasteiger partial charge on any atom is -0.320 e. The molecule has 2 rings (SSSR count). The molecule has 0 saturated heterocycles. The van der Waals surface area contributed by atoms with Gasteiger partial charge in [-0.3, -0.25) is 9.59 Å². The molecule has 1 aromatic carbocycles. The van der Waals surface area contributed by atoms with Crippen molar-refractivity contribution in [2.45, 2.75) is 0 Å². The van der Waals surface area contributed by atoms with E-state index in [1.54, 1.807) is 0 Å². The van der Waals surface area contributed by atoms with Crippen molar-refractivity contribution in [2.75, 3.05) is 11.9 Å². The number of nitrogens with zero attached hydrogens (tertiary/aromatic N) is 1. The van der Waals surface area contributed by atoms with E-state index in [4.69, 9.17) is 5.73 Å². The molecule has 0 aliphatic rings. The molecule has 0 fully saturated rings. The van der Waals surface area contributed by atoms with Gasteiger partial charge >= 0.3 is 0 Å². The van der Waals surface area contributed by atoms with E-state index in [-0.39, 0.29) is 17.9 Å². The summed E-state index contributed by atoms with van der Waals surface area (Å²) in [5, 5.41) is 8.14. The van der Waals surface area contributed by atoms with E-state index in [0.717, 1.165) is 6.07 Å². The van der Waals surface area contributed by atoms with Crippen molar-refractivity contribution >= 4 is 11.7 Å². The molecule has 7 heteroatoms. The molecule has 0 radical (unpaired) electrons. The Balaban J connectivity index is 2.19. The minimum atomic E-state index is -0.708. The van der Waals surface area contributed by atoms with Gasteiger partial charge in [0.2, 0.25) is 0 Å². The Labute approximate surface area is 119 Å². The quantitative estimate of drug-likeness (QED) is 0.699. The fourth-order valence-electron chi connectivity index (χ4n) is 1.53. The van der Waals surface area contributed by atoms with Crippen LogP contribution in [-0.2, 0) is 0 Å². The number of amides is 1. The van der Waals surface area contributed by atoms with E-state index in [1.807, 2.05) is 0 Å². The third-order valence-corrected chi connectivity index (χ3v) is 2.47. The average molecular weight is 286 g/mol. The van der Waals surface area contributed by atoms with Crippen LogP contribution in [0.25, 0.3) is 0 Å². The van der Waals surface area contributed by atoms with Crippen molar-refractivity contribution in [3.05, 3.63) is 57.6 Å². The van der Waals surface area contributed by atoms with Crippen LogP contribution in [0.3, 0.4) is 0 Å². The molecule has 0 saturated carbocycles. The summed E-state index contributed by atoms with van der Waals surface area (Å²) in [6.07, 6.45) is 0. The number of benzene rings is 1. The zero-order valence-electron chi connectivity index (χ0n) is 10.8. The smallest absolute Gasteiger partial charge is 0.264 e. The van der Waals surface area contributed by atoms with Crippen LogP contribution in [0.5, 0.6) is 0 Å². The Bertz CT molecular complexity index is 769. The van der Waals surface area contributed by atoms with Crippen LogP contribution in [0.15, 0.2) is 35.1 Å². The maximum absolute atomic E-state index is 13.9. The number of hydrogen-bond acceptors (Lipinski definition) is 4. The van der Waals surface area contributed by atoms with Crippen LogP contribution in [0.4, 0.5) is 10.2 Å². The van der Waals surface area contributed by atoms with Crippen LogP contribution in [0, 0.1) is 17.7 Å². The second kappa shape index (κ2) is 6.45. The second-order valence-corrected chi connectivity index (χ2v) is 3.96. The highest BCUT2D eigenvalue weighted by molar-refractivity contribution is 6.03. The molecule has 106 valence electrons. The highest BCUT2D eigenvalue weighted by Gasteiger charge is 2.12. The first-order chi connectivity index (χ1) is 10.1. The maximum atomic E-state index is 13.9. The molecule has 0 aliphatic heterocycles. The van der Waals surface area contributed by atoms with E-state index < -0.39 is 17.3 Å². The van der Waals surface area contributed by atoms with Gasteiger partial charge in [0.15, 0.2) is 5.82 Å². The first-order valence-electron chi connectivity index (χ1n) is 5.95. The fourth-order valence-corrected chi connectivity index (χ4v) is 1.53. The lowest BCUT2D eigenvalue weighted by atomic mass is 10.1. The molecule has 0 atom stereocenters. The van der Waals surface area contributed by atoms with Crippen LogP contribution in [0.2, 0.25) is 0 Å². The van der Waals surface area contributed by atoms with Gasteiger partial charge in [0.1, 0.15) is 5.82 Å². The maximum Gasteiger partial charge on any atom is 0.264 e. The first-order valence-corrected chi connectivity index (χ1v) is 5.95. The number of aromatic nitrogens is 2. The molecule has 0 spiro atoms. The predicted octanol–water partition coefficient (Wildman–Crippen LogP) is 0.471. The summed E-state index contributed by atoms with van der Waals surface area (Å²) in [6.45, 7) is 0.168. The predicted molar refractivity (Wildman–Crippen MR) is 75.1 cm³/mol. The number of hydrogen-bond donors (Lipinski definition) is 3. The third-order valence-electron chi connectivity index (χ3n) is 2.47. The van der Waals surface area contributed by atoms with Crippen molar-refractivity contribution < 1.29 is 9.18 Å². The summed E-state index contributed by atoms with van der Waals surface area (Å²) in [7, 11) is 0. The number of nitrogens with two attached hydrogens (primary N) is 1. The van der Waals surface area contributed by atoms with Crippen molar-refractivity contribution in [2.24, 2.45) is 5.73 Å². The molecule has 2 aromatic rings. The number of H-pyrrole nitrogens is 1. The summed E-state index contributed by atoms with van der Waals surface area (Å²) < 4.78 is 13.9. The van der Waals surface area contributed by atoms with E-state index in [1.165, 1.54) is 24.3 Å². The summed E-state index contributed by atoms with van der Waals surface area (Å²) in [5.74, 6) is 3.99. The molecule has 1 aromatic heterocycles. The largest absolute Gasteiger partial charge is 0.320 e. The lowest BCUT2D eigenvalue weighted by Crippen LogP contribution is -2.17. The Hall–Kier alpha value is -2.98. The van der Waals surface area contributed by atoms with Crippen molar-refractivity contribution in [1.82, 2.24) is 10.2 Å². The Morgan fingerprint density at radius 2 is 2.19 bits per heavy atom. The molecule has 1 heterocycles. The van der Waals surface area contributed by atoms with Gasteiger partial charge in [0.05, 0.1) is 12.1 Å². The molecule has 0 bridgehead atoms. The zero-order valence-corrected chi connectivity index (χ0v) is 10.8. The number of carbonyl (C=O) groups is 1. The molecule has 6 nitrogen and oxygen atoms in total. The van der Waals surface area contributed by atoms with Crippen LogP contribution in [-0.4, -0.2) is 22.6 Å². The van der Waals surface area contributed by atoms with E-state index in [0.29, 0.717) is 5.56 Å². The van der Waals surface area contributed by atoms with Gasteiger partial charge in [0.25, 0.3) is 11.5 Å². The molecule has 1 amide bonds. The van der Waals surface area contributed by atoms with Crippen LogP contribution in [0.1, 0.15) is 15.9 Å². The van der Waals surface area contributed by atoms with Gasteiger partial charge in [-0.05, 0) is 24.3 Å².